The topological polar surface area (TPSA) is 6.48 Å². The maximum atomic E-state index is 2.48. The molecule has 0 N–H and O–H groups in total. The van der Waals surface area contributed by atoms with E-state index in [4.69, 9.17) is 0 Å². The van der Waals surface area contributed by atoms with E-state index in [1.807, 2.05) is 0 Å². The van der Waals surface area contributed by atoms with Gasteiger partial charge in [-0.3, -0.25) is 0 Å². The monoisotopic (exact) mass is 180 g/mol. The summed E-state index contributed by atoms with van der Waals surface area (Å²) < 4.78 is 0. The summed E-state index contributed by atoms with van der Waals surface area (Å²) in [5.41, 5.74) is 0.735. The van der Waals surface area contributed by atoms with E-state index < -0.39 is 0 Å². The van der Waals surface area contributed by atoms with Gasteiger partial charge in [0.15, 0.2) is 7.98 Å². The van der Waals surface area contributed by atoms with Crippen molar-refractivity contribution in [3.8, 4) is 0 Å². The third-order valence-corrected chi connectivity index (χ3v) is 4.10. The van der Waals surface area contributed by atoms with Crippen molar-refractivity contribution in [3.05, 3.63) is 0 Å². The van der Waals surface area contributed by atoms with E-state index in [2.05, 4.69) is 24.7 Å². The van der Waals surface area contributed by atoms with Gasteiger partial charge in [-0.25, -0.2) is 0 Å². The molecule has 0 atom stereocenters. The van der Waals surface area contributed by atoms with E-state index >= 15 is 0 Å². The van der Waals surface area contributed by atoms with Crippen LogP contribution in [0, 0.1) is 5.41 Å². The van der Waals surface area contributed by atoms with Crippen molar-refractivity contribution < 1.29 is 0 Å². The van der Waals surface area contributed by atoms with Crippen LogP contribution < -0.4 is 0 Å². The second-order valence-electron chi connectivity index (χ2n) is 5.11. The summed E-state index contributed by atoms with van der Waals surface area (Å²) in [6, 6.07) is 0. The van der Waals surface area contributed by atoms with Crippen LogP contribution in [0.15, 0.2) is 0 Å². The predicted octanol–water partition coefficient (Wildman–Crippen LogP) is 0.342. The zero-order valence-electron chi connectivity index (χ0n) is 9.05. The lowest BCUT2D eigenvalue weighted by Crippen LogP contribution is -2.45. The van der Waals surface area contributed by atoms with Crippen LogP contribution in [0.25, 0.3) is 0 Å². The molecule has 2 aliphatic rings. The smallest absolute Gasteiger partial charge is 0.185 e. The molecule has 0 aromatic carbocycles. The third-order valence-electron chi connectivity index (χ3n) is 4.10. The van der Waals surface area contributed by atoms with E-state index in [0.717, 1.165) is 5.41 Å². The lowest BCUT2D eigenvalue weighted by molar-refractivity contribution is 0.0675. The highest BCUT2D eigenvalue weighted by atomic mass is 15.1. The molecule has 0 unspecified atom stereocenters. The molecular formula is C10H21BN2. The van der Waals surface area contributed by atoms with Crippen molar-refractivity contribution in [1.29, 1.82) is 0 Å². The fourth-order valence-electron chi connectivity index (χ4n) is 2.69. The van der Waals surface area contributed by atoms with Gasteiger partial charge in [-0.2, -0.15) is 0 Å². The molecule has 0 amide bonds. The quantitative estimate of drug-likeness (QED) is 0.496. The molecule has 0 aliphatic carbocycles. The first-order valence-electron chi connectivity index (χ1n) is 5.57. The molecule has 2 rings (SSSR count). The summed E-state index contributed by atoms with van der Waals surface area (Å²) in [6.07, 6.45) is 5.77. The molecule has 2 nitrogen and oxygen atoms in total. The van der Waals surface area contributed by atoms with Gasteiger partial charge in [-0.1, -0.05) is 0 Å². The fourth-order valence-corrected chi connectivity index (χ4v) is 2.69. The number of likely N-dealkylation sites (tertiary alicyclic amines) is 1. The molecule has 0 aromatic rings. The van der Waals surface area contributed by atoms with E-state index in [-0.39, 0.29) is 0 Å². The van der Waals surface area contributed by atoms with Crippen LogP contribution in [0.1, 0.15) is 25.7 Å². The highest BCUT2D eigenvalue weighted by Crippen LogP contribution is 2.40. The molecule has 0 bridgehead atoms. The Bertz CT molecular complexity index is 144. The number of rotatable bonds is 0. The van der Waals surface area contributed by atoms with E-state index in [1.165, 1.54) is 51.9 Å². The Kier molecular flexibility index (Phi) is 2.66. The molecule has 0 aromatic heterocycles. The second-order valence-corrected chi connectivity index (χ2v) is 5.11. The van der Waals surface area contributed by atoms with Gasteiger partial charge in [-0.05, 0) is 64.3 Å². The Morgan fingerprint density at radius 2 is 1.38 bits per heavy atom. The standard InChI is InChI=1S/C10H21BN2/c1-12-6-2-10(3-7-12)4-8-13(11)9-5-10/h2-9,11H2,1H3. The minimum atomic E-state index is 0.735. The summed E-state index contributed by atoms with van der Waals surface area (Å²) in [5, 5.41) is 0. The van der Waals surface area contributed by atoms with Gasteiger partial charge in [0.2, 0.25) is 0 Å². The van der Waals surface area contributed by atoms with E-state index in [9.17, 15) is 0 Å². The van der Waals surface area contributed by atoms with Crippen LogP contribution >= 0.6 is 0 Å². The molecule has 2 saturated heterocycles. The molecule has 74 valence electrons. The summed E-state index contributed by atoms with van der Waals surface area (Å²) in [5.74, 6) is 0. The Balaban J connectivity index is 1.90. The van der Waals surface area contributed by atoms with Crippen molar-refractivity contribution >= 4 is 7.98 Å². The molecule has 2 heterocycles. The van der Waals surface area contributed by atoms with Gasteiger partial charge in [-0.15, -0.1) is 0 Å². The highest BCUT2D eigenvalue weighted by molar-refractivity contribution is 6.04. The van der Waals surface area contributed by atoms with Crippen LogP contribution in [0.4, 0.5) is 0 Å². The minimum Gasteiger partial charge on any atom is -0.349 e. The van der Waals surface area contributed by atoms with Crippen LogP contribution in [0.2, 0.25) is 0 Å². The van der Waals surface area contributed by atoms with E-state index in [0.29, 0.717) is 0 Å². The predicted molar refractivity (Wildman–Crippen MR) is 58.5 cm³/mol. The van der Waals surface area contributed by atoms with Crippen LogP contribution in [0.3, 0.4) is 0 Å². The number of hydrogen-bond acceptors (Lipinski definition) is 2. The molecule has 1 spiro atoms. The Morgan fingerprint density at radius 1 is 0.923 bits per heavy atom. The minimum absolute atomic E-state index is 0.735. The van der Waals surface area contributed by atoms with Crippen molar-refractivity contribution in [3.63, 3.8) is 0 Å². The maximum absolute atomic E-state index is 2.48. The van der Waals surface area contributed by atoms with Gasteiger partial charge in [0.25, 0.3) is 0 Å². The van der Waals surface area contributed by atoms with Gasteiger partial charge in [0, 0.05) is 0 Å². The van der Waals surface area contributed by atoms with Crippen LogP contribution in [0.5, 0.6) is 0 Å². The summed E-state index contributed by atoms with van der Waals surface area (Å²) >= 11 is 0. The molecule has 2 aliphatic heterocycles. The van der Waals surface area contributed by atoms with E-state index in [1.54, 1.807) is 0 Å². The first-order valence-corrected chi connectivity index (χ1v) is 5.57. The second kappa shape index (κ2) is 3.62. The number of piperidine rings is 2. The van der Waals surface area contributed by atoms with Crippen molar-refractivity contribution in [2.75, 3.05) is 33.2 Å². The van der Waals surface area contributed by atoms with Crippen molar-refractivity contribution in [2.45, 2.75) is 25.7 Å². The fraction of sp³-hybridized carbons (Fsp3) is 1.00. The third kappa shape index (κ3) is 2.08. The lowest BCUT2D eigenvalue weighted by atomic mass is 9.71. The molecule has 2 fully saturated rings. The van der Waals surface area contributed by atoms with Gasteiger partial charge in [0.1, 0.15) is 0 Å². The molecule has 0 saturated carbocycles. The van der Waals surface area contributed by atoms with Crippen LogP contribution in [-0.4, -0.2) is 50.9 Å². The Labute approximate surface area is 82.7 Å². The van der Waals surface area contributed by atoms with Crippen LogP contribution in [-0.2, 0) is 0 Å². The zero-order chi connectivity index (χ0) is 9.31. The Hall–Kier alpha value is -0.0151. The average Bonchev–Trinajstić information content (AvgIpc) is 2.16. The largest absolute Gasteiger partial charge is 0.349 e. The van der Waals surface area contributed by atoms with Gasteiger partial charge < -0.3 is 9.71 Å². The zero-order valence-corrected chi connectivity index (χ0v) is 9.05. The summed E-state index contributed by atoms with van der Waals surface area (Å²) in [6.45, 7) is 5.29. The number of nitrogens with zero attached hydrogens (tertiary/aromatic N) is 2. The average molecular weight is 180 g/mol. The molecular weight excluding hydrogens is 159 g/mol. The molecule has 13 heavy (non-hydrogen) atoms. The maximum Gasteiger partial charge on any atom is 0.185 e. The first-order chi connectivity index (χ1) is 6.20. The Morgan fingerprint density at radius 3 is 1.92 bits per heavy atom. The summed E-state index contributed by atoms with van der Waals surface area (Å²) in [7, 11) is 4.50. The first kappa shape index (κ1) is 9.54. The highest BCUT2D eigenvalue weighted by Gasteiger charge is 2.35. The SMILES string of the molecule is BN1CCC2(CC1)CCN(C)CC2. The molecule has 3 heteroatoms. The van der Waals surface area contributed by atoms with Crippen molar-refractivity contribution in [2.24, 2.45) is 5.41 Å². The normalized spacial score (nSPS) is 30.8. The summed E-state index contributed by atoms with van der Waals surface area (Å²) in [4.78, 5) is 4.95. The van der Waals surface area contributed by atoms with Gasteiger partial charge >= 0.3 is 0 Å². The van der Waals surface area contributed by atoms with Gasteiger partial charge in [0.05, 0.1) is 0 Å². The lowest BCUT2D eigenvalue weighted by Gasteiger charge is -2.45. The molecule has 0 radical (unpaired) electrons. The van der Waals surface area contributed by atoms with Crippen molar-refractivity contribution in [1.82, 2.24) is 9.71 Å². The number of hydrogen-bond donors (Lipinski definition) is 0.